The summed E-state index contributed by atoms with van der Waals surface area (Å²) in [6.45, 7) is 12.1. The molecule has 0 bridgehead atoms. The fraction of sp³-hybridized carbons (Fsp3) is 0.812. The van der Waals surface area contributed by atoms with Crippen molar-refractivity contribution in [2.24, 2.45) is 5.41 Å². The van der Waals surface area contributed by atoms with Gasteiger partial charge in [-0.25, -0.2) is 4.79 Å². The van der Waals surface area contributed by atoms with Gasteiger partial charge >= 0.3 is 11.9 Å². The van der Waals surface area contributed by atoms with Crippen molar-refractivity contribution in [1.82, 2.24) is 0 Å². The van der Waals surface area contributed by atoms with Crippen LogP contribution in [-0.2, 0) is 19.0 Å². The van der Waals surface area contributed by atoms with E-state index in [4.69, 9.17) is 14.2 Å². The van der Waals surface area contributed by atoms with Crippen LogP contribution in [0.15, 0.2) is 11.6 Å². The van der Waals surface area contributed by atoms with Crippen LogP contribution in [0, 0.1) is 5.41 Å². The number of hydrogen-bond acceptors (Lipinski definition) is 5. The summed E-state index contributed by atoms with van der Waals surface area (Å²) in [6.07, 6.45) is 2.90. The molecule has 0 spiro atoms. The van der Waals surface area contributed by atoms with Gasteiger partial charge in [-0.1, -0.05) is 19.4 Å². The van der Waals surface area contributed by atoms with Crippen molar-refractivity contribution in [2.45, 2.75) is 60.4 Å². The molecule has 0 rings (SSSR count). The lowest BCUT2D eigenvalue weighted by Crippen LogP contribution is -2.53. The Morgan fingerprint density at radius 1 is 1.14 bits per heavy atom. The lowest BCUT2D eigenvalue weighted by atomic mass is 9.91. The Balaban J connectivity index is 5.03. The summed E-state index contributed by atoms with van der Waals surface area (Å²) in [6, 6.07) is 0. The number of aliphatic hydroxyl groups is 1. The minimum Gasteiger partial charge on any atom is -0.404 e. The van der Waals surface area contributed by atoms with Crippen LogP contribution in [0.4, 0.5) is 0 Å². The van der Waals surface area contributed by atoms with Gasteiger partial charge in [-0.05, 0) is 40.5 Å². The van der Waals surface area contributed by atoms with E-state index in [1.165, 1.54) is 6.08 Å². The summed E-state index contributed by atoms with van der Waals surface area (Å²) in [5.41, 5.74) is -0.0967. The van der Waals surface area contributed by atoms with E-state index in [0.29, 0.717) is 13.0 Å². The van der Waals surface area contributed by atoms with Crippen LogP contribution in [0.5, 0.6) is 0 Å². The minimum absolute atomic E-state index is 0.225. The highest BCUT2D eigenvalue weighted by atomic mass is 16.8. The second kappa shape index (κ2) is 9.18. The molecule has 124 valence electrons. The van der Waals surface area contributed by atoms with Crippen LogP contribution in [0.3, 0.4) is 0 Å². The Morgan fingerprint density at radius 3 is 2.19 bits per heavy atom. The zero-order valence-electron chi connectivity index (χ0n) is 14.2. The zero-order chi connectivity index (χ0) is 16.5. The molecule has 0 aliphatic carbocycles. The van der Waals surface area contributed by atoms with Gasteiger partial charge in [0.1, 0.15) is 0 Å². The molecule has 0 heterocycles. The smallest absolute Gasteiger partial charge is 0.334 e. The second-order valence-electron chi connectivity index (χ2n) is 6.01. The first-order valence-corrected chi connectivity index (χ1v) is 7.50. The molecule has 0 amide bonds. The molecule has 0 fully saturated rings. The third-order valence-corrected chi connectivity index (χ3v) is 2.81. The summed E-state index contributed by atoms with van der Waals surface area (Å²) < 4.78 is 16.1. The van der Waals surface area contributed by atoms with Crippen molar-refractivity contribution < 1.29 is 24.1 Å². The van der Waals surface area contributed by atoms with Crippen molar-refractivity contribution in [1.29, 1.82) is 0 Å². The Bertz CT molecular complexity index is 345. The van der Waals surface area contributed by atoms with Gasteiger partial charge in [-0.2, -0.15) is 0 Å². The molecule has 21 heavy (non-hydrogen) atoms. The van der Waals surface area contributed by atoms with Crippen molar-refractivity contribution >= 4 is 5.97 Å². The molecular weight excluding hydrogens is 272 g/mol. The number of esters is 1. The molecule has 0 saturated carbocycles. The number of rotatable bonds is 10. The van der Waals surface area contributed by atoms with Crippen LogP contribution < -0.4 is 0 Å². The summed E-state index contributed by atoms with van der Waals surface area (Å²) in [4.78, 5) is 11.8. The van der Waals surface area contributed by atoms with Crippen LogP contribution in [0.25, 0.3) is 0 Å². The van der Waals surface area contributed by atoms with E-state index >= 15 is 0 Å². The molecule has 0 radical (unpaired) electrons. The molecule has 5 nitrogen and oxygen atoms in total. The maximum absolute atomic E-state index is 11.8. The van der Waals surface area contributed by atoms with Gasteiger partial charge in [0.05, 0.1) is 18.6 Å². The topological polar surface area (TPSA) is 65.0 Å². The number of allylic oxidation sites excluding steroid dienone is 1. The average Bonchev–Trinajstić information content (AvgIpc) is 2.35. The molecule has 1 atom stereocenters. The van der Waals surface area contributed by atoms with E-state index in [9.17, 15) is 9.90 Å². The third kappa shape index (κ3) is 7.07. The SMILES string of the molecule is CCCOCC(C)(C)C(O)(OCCC)OC(=O)C=C(C)C. The van der Waals surface area contributed by atoms with Gasteiger partial charge in [-0.3, -0.25) is 0 Å². The summed E-state index contributed by atoms with van der Waals surface area (Å²) >= 11 is 0. The van der Waals surface area contributed by atoms with Gasteiger partial charge in [0.2, 0.25) is 0 Å². The molecule has 0 aliphatic heterocycles. The van der Waals surface area contributed by atoms with Crippen molar-refractivity contribution in [2.75, 3.05) is 19.8 Å². The van der Waals surface area contributed by atoms with E-state index in [-0.39, 0.29) is 13.2 Å². The van der Waals surface area contributed by atoms with E-state index in [0.717, 1.165) is 12.0 Å². The Hall–Kier alpha value is -0.910. The van der Waals surface area contributed by atoms with Crippen molar-refractivity contribution in [3.05, 3.63) is 11.6 Å². The largest absolute Gasteiger partial charge is 0.404 e. The molecule has 1 N–H and O–H groups in total. The predicted molar refractivity (Wildman–Crippen MR) is 81.6 cm³/mol. The highest BCUT2D eigenvalue weighted by molar-refractivity contribution is 5.82. The lowest BCUT2D eigenvalue weighted by molar-refractivity contribution is -0.393. The quantitative estimate of drug-likeness (QED) is 0.291. The van der Waals surface area contributed by atoms with Crippen molar-refractivity contribution in [3.63, 3.8) is 0 Å². The first-order chi connectivity index (χ1) is 9.68. The molecule has 1 unspecified atom stereocenters. The maximum Gasteiger partial charge on any atom is 0.334 e. The fourth-order valence-electron chi connectivity index (χ4n) is 1.57. The predicted octanol–water partition coefficient (Wildman–Crippen LogP) is 3.02. The van der Waals surface area contributed by atoms with Crippen LogP contribution in [-0.4, -0.2) is 36.9 Å². The molecule has 0 saturated heterocycles. The van der Waals surface area contributed by atoms with Gasteiger partial charge in [-0.15, -0.1) is 0 Å². The minimum atomic E-state index is -2.01. The number of hydrogen-bond donors (Lipinski definition) is 1. The molecule has 0 aromatic rings. The number of carbonyl (C=O) groups is 1. The zero-order valence-corrected chi connectivity index (χ0v) is 14.2. The number of ether oxygens (including phenoxy) is 3. The van der Waals surface area contributed by atoms with Crippen LogP contribution in [0.2, 0.25) is 0 Å². The monoisotopic (exact) mass is 302 g/mol. The molecule has 0 aliphatic rings. The standard InChI is InChI=1S/C16H30O5/c1-7-9-19-12-15(5,6)16(18,20-10-8-2)21-14(17)11-13(3)4/h11,18H,7-10,12H2,1-6H3. The normalized spacial score (nSPS) is 14.4. The Labute approximate surface area is 128 Å². The van der Waals surface area contributed by atoms with Gasteiger partial charge in [0.25, 0.3) is 0 Å². The fourth-order valence-corrected chi connectivity index (χ4v) is 1.57. The third-order valence-electron chi connectivity index (χ3n) is 2.81. The highest BCUT2D eigenvalue weighted by Gasteiger charge is 2.49. The average molecular weight is 302 g/mol. The first kappa shape index (κ1) is 20.1. The Kier molecular flexibility index (Phi) is 8.78. The van der Waals surface area contributed by atoms with E-state index in [1.807, 2.05) is 13.8 Å². The second-order valence-corrected chi connectivity index (χ2v) is 6.01. The number of carbonyl (C=O) groups excluding carboxylic acids is 1. The van der Waals surface area contributed by atoms with E-state index < -0.39 is 17.4 Å². The molecule has 0 aromatic carbocycles. The summed E-state index contributed by atoms with van der Waals surface area (Å²) in [5.74, 6) is -2.64. The van der Waals surface area contributed by atoms with E-state index in [1.54, 1.807) is 27.7 Å². The van der Waals surface area contributed by atoms with Crippen molar-refractivity contribution in [3.8, 4) is 0 Å². The molecule has 0 aromatic heterocycles. The van der Waals surface area contributed by atoms with Gasteiger partial charge < -0.3 is 19.3 Å². The van der Waals surface area contributed by atoms with Crippen LogP contribution >= 0.6 is 0 Å². The van der Waals surface area contributed by atoms with E-state index in [2.05, 4.69) is 0 Å². The lowest BCUT2D eigenvalue weighted by Gasteiger charge is -2.39. The van der Waals surface area contributed by atoms with Crippen LogP contribution in [0.1, 0.15) is 54.4 Å². The molecule has 5 heteroatoms. The maximum atomic E-state index is 11.8. The highest BCUT2D eigenvalue weighted by Crippen LogP contribution is 2.34. The van der Waals surface area contributed by atoms with Gasteiger partial charge in [0, 0.05) is 12.7 Å². The molecular formula is C16H30O5. The first-order valence-electron chi connectivity index (χ1n) is 7.50. The summed E-state index contributed by atoms with van der Waals surface area (Å²) in [7, 11) is 0. The van der Waals surface area contributed by atoms with Gasteiger partial charge in [0.15, 0.2) is 0 Å². The Morgan fingerprint density at radius 2 is 1.71 bits per heavy atom. The summed E-state index contributed by atoms with van der Waals surface area (Å²) in [5, 5.41) is 10.7.